The molecule has 1 unspecified atom stereocenters. The van der Waals surface area contributed by atoms with Crippen molar-refractivity contribution in [1.29, 1.82) is 0 Å². The second-order valence-corrected chi connectivity index (χ2v) is 6.18. The van der Waals surface area contributed by atoms with Crippen LogP contribution in [0.5, 0.6) is 0 Å². The minimum Gasteiger partial charge on any atom is -0.446 e. The van der Waals surface area contributed by atoms with Gasteiger partial charge in [-0.05, 0) is 35.2 Å². The van der Waals surface area contributed by atoms with Gasteiger partial charge in [0, 0.05) is 6.42 Å². The van der Waals surface area contributed by atoms with Gasteiger partial charge in [0.25, 0.3) is 0 Å². The van der Waals surface area contributed by atoms with Crippen LogP contribution in [0, 0.1) is 0 Å². The molecule has 0 aliphatic heterocycles. The molecule has 140 valence electrons. The zero-order chi connectivity index (χ0) is 19.2. The van der Waals surface area contributed by atoms with Gasteiger partial charge in [-0.3, -0.25) is 0 Å². The zero-order valence-electron chi connectivity index (χ0n) is 14.6. The number of halogens is 3. The molecule has 1 amide bonds. The third kappa shape index (κ3) is 5.79. The van der Waals surface area contributed by atoms with Crippen LogP contribution < -0.4 is 5.73 Å². The van der Waals surface area contributed by atoms with E-state index in [1.165, 1.54) is 12.1 Å². The van der Waals surface area contributed by atoms with Crippen LogP contribution in [-0.2, 0) is 17.3 Å². The highest BCUT2D eigenvalue weighted by Gasteiger charge is 2.29. The molecular formula is C20H22F3NO2. The lowest BCUT2D eigenvalue weighted by Gasteiger charge is -2.16. The quantitative estimate of drug-likeness (QED) is 0.697. The SMILES string of the molecule is CCCCC(Cc1ccc(-c2ccc(C(F)(F)F)cc2)cc1)OC(N)=O. The number of benzene rings is 2. The van der Waals surface area contributed by atoms with Crippen molar-refractivity contribution in [2.75, 3.05) is 0 Å². The second kappa shape index (κ2) is 8.74. The smallest absolute Gasteiger partial charge is 0.416 e. The number of amides is 1. The fourth-order valence-electron chi connectivity index (χ4n) is 2.75. The summed E-state index contributed by atoms with van der Waals surface area (Å²) in [4.78, 5) is 11.0. The first-order chi connectivity index (χ1) is 12.3. The molecule has 2 N–H and O–H groups in total. The van der Waals surface area contributed by atoms with Crippen molar-refractivity contribution in [3.05, 3.63) is 59.7 Å². The number of rotatable bonds is 7. The van der Waals surface area contributed by atoms with E-state index in [2.05, 4.69) is 6.92 Å². The number of alkyl halides is 3. The maximum absolute atomic E-state index is 12.6. The standard InChI is InChI=1S/C20H22F3NO2/c1-2-3-4-18(26-19(24)25)13-14-5-7-15(8-6-14)16-9-11-17(12-10-16)20(21,22)23/h5-12,18H,2-4,13H2,1H3,(H2,24,25). The first-order valence-electron chi connectivity index (χ1n) is 8.52. The van der Waals surface area contributed by atoms with Gasteiger partial charge in [-0.25, -0.2) is 4.79 Å². The van der Waals surface area contributed by atoms with Crippen LogP contribution in [0.1, 0.15) is 37.3 Å². The first-order valence-corrected chi connectivity index (χ1v) is 8.52. The molecule has 0 heterocycles. The van der Waals surface area contributed by atoms with Gasteiger partial charge >= 0.3 is 12.3 Å². The highest BCUT2D eigenvalue weighted by atomic mass is 19.4. The molecule has 1 atom stereocenters. The molecule has 0 saturated carbocycles. The minimum atomic E-state index is -4.34. The number of hydrogen-bond donors (Lipinski definition) is 1. The zero-order valence-corrected chi connectivity index (χ0v) is 14.6. The van der Waals surface area contributed by atoms with E-state index in [4.69, 9.17) is 10.5 Å². The Balaban J connectivity index is 2.08. The summed E-state index contributed by atoms with van der Waals surface area (Å²) in [5.41, 5.74) is 6.96. The summed E-state index contributed by atoms with van der Waals surface area (Å²) < 4.78 is 43.0. The third-order valence-corrected chi connectivity index (χ3v) is 4.13. The van der Waals surface area contributed by atoms with Gasteiger partial charge in [0.05, 0.1) is 5.56 Å². The van der Waals surface area contributed by atoms with Crippen LogP contribution in [0.2, 0.25) is 0 Å². The molecule has 0 radical (unpaired) electrons. The molecule has 0 aromatic heterocycles. The summed E-state index contributed by atoms with van der Waals surface area (Å²) in [5.74, 6) is 0. The van der Waals surface area contributed by atoms with Gasteiger partial charge in [0.1, 0.15) is 6.10 Å². The van der Waals surface area contributed by atoms with E-state index in [1.807, 2.05) is 24.3 Å². The van der Waals surface area contributed by atoms with Crippen LogP contribution in [0.25, 0.3) is 11.1 Å². The van der Waals surface area contributed by atoms with Crippen molar-refractivity contribution >= 4 is 6.09 Å². The van der Waals surface area contributed by atoms with Crippen LogP contribution in [0.3, 0.4) is 0 Å². The average molecular weight is 365 g/mol. The topological polar surface area (TPSA) is 52.3 Å². The Hall–Kier alpha value is -2.50. The third-order valence-electron chi connectivity index (χ3n) is 4.13. The van der Waals surface area contributed by atoms with Crippen molar-refractivity contribution in [2.45, 2.75) is 44.9 Å². The highest BCUT2D eigenvalue weighted by molar-refractivity contribution is 5.65. The molecule has 0 bridgehead atoms. The number of carbonyl (C=O) groups excluding carboxylic acids is 1. The molecule has 2 rings (SSSR count). The number of ether oxygens (including phenoxy) is 1. The van der Waals surface area contributed by atoms with Crippen molar-refractivity contribution in [1.82, 2.24) is 0 Å². The van der Waals surface area contributed by atoms with Crippen molar-refractivity contribution < 1.29 is 22.7 Å². The highest BCUT2D eigenvalue weighted by Crippen LogP contribution is 2.31. The van der Waals surface area contributed by atoms with Crippen LogP contribution in [-0.4, -0.2) is 12.2 Å². The second-order valence-electron chi connectivity index (χ2n) is 6.18. The van der Waals surface area contributed by atoms with Crippen molar-refractivity contribution in [3.63, 3.8) is 0 Å². The van der Waals surface area contributed by atoms with Crippen molar-refractivity contribution in [2.24, 2.45) is 5.73 Å². The molecule has 0 spiro atoms. The van der Waals surface area contributed by atoms with Gasteiger partial charge in [-0.2, -0.15) is 13.2 Å². The Kier molecular flexibility index (Phi) is 6.66. The molecule has 3 nitrogen and oxygen atoms in total. The van der Waals surface area contributed by atoms with E-state index in [0.717, 1.165) is 42.5 Å². The lowest BCUT2D eigenvalue weighted by atomic mass is 9.99. The number of hydrogen-bond acceptors (Lipinski definition) is 2. The lowest BCUT2D eigenvalue weighted by molar-refractivity contribution is -0.137. The first kappa shape index (κ1) is 19.8. The Labute approximate surface area is 151 Å². The van der Waals surface area contributed by atoms with Crippen LogP contribution in [0.4, 0.5) is 18.0 Å². The Morgan fingerprint density at radius 1 is 1.04 bits per heavy atom. The van der Waals surface area contributed by atoms with Crippen LogP contribution >= 0.6 is 0 Å². The fourth-order valence-corrected chi connectivity index (χ4v) is 2.75. The van der Waals surface area contributed by atoms with E-state index in [-0.39, 0.29) is 6.10 Å². The van der Waals surface area contributed by atoms with Crippen molar-refractivity contribution in [3.8, 4) is 11.1 Å². The number of unbranched alkanes of at least 4 members (excludes halogenated alkanes) is 1. The predicted octanol–water partition coefficient (Wildman–Crippen LogP) is 5.57. The predicted molar refractivity (Wildman–Crippen MR) is 94.6 cm³/mol. The Morgan fingerprint density at radius 3 is 2.04 bits per heavy atom. The van der Waals surface area contributed by atoms with E-state index in [9.17, 15) is 18.0 Å². The average Bonchev–Trinajstić information content (AvgIpc) is 2.59. The van der Waals surface area contributed by atoms with Gasteiger partial charge < -0.3 is 10.5 Å². The summed E-state index contributed by atoms with van der Waals surface area (Å²) in [6.45, 7) is 2.06. The molecule has 26 heavy (non-hydrogen) atoms. The van der Waals surface area contributed by atoms with E-state index in [0.29, 0.717) is 12.0 Å². The normalized spacial score (nSPS) is 12.6. The van der Waals surface area contributed by atoms with Gasteiger partial charge in [0.2, 0.25) is 0 Å². The summed E-state index contributed by atoms with van der Waals surface area (Å²) >= 11 is 0. The van der Waals surface area contributed by atoms with Gasteiger partial charge in [-0.1, -0.05) is 56.2 Å². The maximum Gasteiger partial charge on any atom is 0.416 e. The van der Waals surface area contributed by atoms with Gasteiger partial charge in [0.15, 0.2) is 0 Å². The van der Waals surface area contributed by atoms with Crippen LogP contribution in [0.15, 0.2) is 48.5 Å². The molecule has 2 aromatic rings. The lowest BCUT2D eigenvalue weighted by Crippen LogP contribution is -2.24. The number of primary amides is 1. The summed E-state index contributed by atoms with van der Waals surface area (Å²) in [5, 5.41) is 0. The summed E-state index contributed by atoms with van der Waals surface area (Å²) in [7, 11) is 0. The van der Waals surface area contributed by atoms with Gasteiger partial charge in [-0.15, -0.1) is 0 Å². The number of carbonyl (C=O) groups is 1. The van der Waals surface area contributed by atoms with E-state index >= 15 is 0 Å². The largest absolute Gasteiger partial charge is 0.446 e. The molecule has 0 fully saturated rings. The Morgan fingerprint density at radius 2 is 1.58 bits per heavy atom. The Bertz CT molecular complexity index is 709. The molecule has 2 aromatic carbocycles. The fraction of sp³-hybridized carbons (Fsp3) is 0.350. The van der Waals surface area contributed by atoms with E-state index < -0.39 is 17.8 Å². The summed E-state index contributed by atoms with van der Waals surface area (Å²) in [6, 6.07) is 12.5. The minimum absolute atomic E-state index is 0.274. The van der Waals surface area contributed by atoms with E-state index in [1.54, 1.807) is 0 Å². The number of nitrogens with two attached hydrogens (primary N) is 1. The molecule has 0 saturated heterocycles. The molecule has 0 aliphatic carbocycles. The molecular weight excluding hydrogens is 343 g/mol. The monoisotopic (exact) mass is 365 g/mol. The molecule has 6 heteroatoms. The molecule has 0 aliphatic rings. The summed E-state index contributed by atoms with van der Waals surface area (Å²) in [6.07, 6.45) is -2.18. The maximum atomic E-state index is 12.6.